The average molecular weight is 164 g/mol. The molecule has 0 unspecified atom stereocenters. The highest BCUT2D eigenvalue weighted by atomic mass is 35.5. The molecule has 0 aromatic rings. The highest BCUT2D eigenvalue weighted by molar-refractivity contribution is 6.54. The van der Waals surface area contributed by atoms with Gasteiger partial charge < -0.3 is 4.90 Å². The normalized spacial score (nSPS) is 19.0. The second kappa shape index (κ2) is 7.03. The van der Waals surface area contributed by atoms with Crippen LogP contribution in [0.25, 0.3) is 0 Å². The van der Waals surface area contributed by atoms with Crippen molar-refractivity contribution in [2.75, 3.05) is 20.1 Å². The van der Waals surface area contributed by atoms with Gasteiger partial charge in [-0.25, -0.2) is 0 Å². The number of rotatable bonds is 0. The van der Waals surface area contributed by atoms with Crippen LogP contribution in [0.3, 0.4) is 0 Å². The van der Waals surface area contributed by atoms with Crippen molar-refractivity contribution in [3.05, 3.63) is 0 Å². The number of carbonyl (C=O) groups excluding carboxylic acids is 1. The molecule has 0 aromatic heterocycles. The minimum absolute atomic E-state index is 0.222. The zero-order valence-electron chi connectivity index (χ0n) is 6.35. The largest absolute Gasteiger partial charge is 0.306 e. The predicted molar refractivity (Wildman–Crippen MR) is 44.0 cm³/mol. The molecule has 10 heavy (non-hydrogen) atoms. The van der Waals surface area contributed by atoms with E-state index in [1.807, 2.05) is 0 Å². The van der Waals surface area contributed by atoms with Crippen LogP contribution in [0.2, 0.25) is 0 Å². The smallest absolute Gasteiger partial charge is 0.208 e. The van der Waals surface area contributed by atoms with Gasteiger partial charge in [-0.2, -0.15) is 0 Å². The summed E-state index contributed by atoms with van der Waals surface area (Å²) in [5.74, 6) is 0.222. The second-order valence-corrected chi connectivity index (χ2v) is 2.63. The summed E-state index contributed by atoms with van der Waals surface area (Å²) in [5.41, 5.74) is 0. The minimum atomic E-state index is 0.222. The molecule has 1 aliphatic heterocycles. The lowest BCUT2D eigenvalue weighted by Gasteiger charge is -2.20. The van der Waals surface area contributed by atoms with Crippen molar-refractivity contribution in [3.8, 4) is 0 Å². The van der Waals surface area contributed by atoms with Gasteiger partial charge in [0.25, 0.3) is 0 Å². The lowest BCUT2D eigenvalue weighted by molar-refractivity contribution is 0.277. The zero-order valence-corrected chi connectivity index (χ0v) is 7.10. The molecule has 0 saturated carbocycles. The van der Waals surface area contributed by atoms with Crippen molar-refractivity contribution in [1.29, 1.82) is 0 Å². The van der Waals surface area contributed by atoms with Crippen LogP contribution in [0, 0.1) is 0 Å². The Balaban J connectivity index is 0.000000236. The Labute approximate surface area is 67.2 Å². The van der Waals surface area contributed by atoms with E-state index >= 15 is 0 Å². The van der Waals surface area contributed by atoms with Gasteiger partial charge in [-0.1, -0.05) is 6.42 Å². The van der Waals surface area contributed by atoms with Gasteiger partial charge in [-0.05, 0) is 44.6 Å². The van der Waals surface area contributed by atoms with E-state index in [1.165, 1.54) is 32.4 Å². The van der Waals surface area contributed by atoms with E-state index in [0.717, 1.165) is 0 Å². The van der Waals surface area contributed by atoms with Crippen molar-refractivity contribution in [1.82, 2.24) is 4.90 Å². The summed E-state index contributed by atoms with van der Waals surface area (Å²) in [6, 6.07) is 0. The molecule has 1 saturated heterocycles. The summed E-state index contributed by atoms with van der Waals surface area (Å²) >= 11 is 4.32. The quantitative estimate of drug-likeness (QED) is 0.399. The van der Waals surface area contributed by atoms with Gasteiger partial charge in [0, 0.05) is 0 Å². The van der Waals surface area contributed by atoms with Gasteiger partial charge in [-0.3, -0.25) is 4.79 Å². The topological polar surface area (TPSA) is 20.3 Å². The first kappa shape index (κ1) is 9.92. The maximum Gasteiger partial charge on any atom is 0.208 e. The fraction of sp³-hybridized carbons (Fsp3) is 0.857. The molecule has 0 aromatic carbocycles. The van der Waals surface area contributed by atoms with E-state index in [-0.39, 0.29) is 5.75 Å². The van der Waals surface area contributed by atoms with Crippen LogP contribution in [-0.2, 0) is 4.79 Å². The molecule has 60 valence electrons. The molecular formula is C7H14ClNO. The van der Waals surface area contributed by atoms with E-state index in [0.29, 0.717) is 0 Å². The Morgan fingerprint density at radius 2 is 1.70 bits per heavy atom. The Bertz CT molecular complexity index is 81.7. The van der Waals surface area contributed by atoms with Gasteiger partial charge >= 0.3 is 0 Å². The molecule has 1 heterocycles. The summed E-state index contributed by atoms with van der Waals surface area (Å²) < 4.78 is 0. The third kappa shape index (κ3) is 6.05. The summed E-state index contributed by atoms with van der Waals surface area (Å²) in [5, 5.41) is 0. The van der Waals surface area contributed by atoms with Crippen LogP contribution in [0.5, 0.6) is 0 Å². The second-order valence-electron chi connectivity index (χ2n) is 2.45. The molecule has 0 aliphatic carbocycles. The molecule has 0 radical (unpaired) electrons. The number of likely N-dealkylation sites (tertiary alicyclic amines) is 1. The average Bonchev–Trinajstić information content (AvgIpc) is 1.91. The number of halogens is 1. The summed E-state index contributed by atoms with van der Waals surface area (Å²) in [7, 11) is 2.19. The first-order valence-corrected chi connectivity index (χ1v) is 3.97. The Morgan fingerprint density at radius 1 is 1.30 bits per heavy atom. The van der Waals surface area contributed by atoms with Crippen LogP contribution in [-0.4, -0.2) is 30.8 Å². The summed E-state index contributed by atoms with van der Waals surface area (Å²) in [4.78, 5) is 11.0. The van der Waals surface area contributed by atoms with Crippen LogP contribution in [0.1, 0.15) is 19.3 Å². The Hall–Kier alpha value is -0.0800. The number of nitrogens with zero attached hydrogens (tertiary/aromatic N) is 1. The standard InChI is InChI=1S/C6H13N.CHClO/c1-7-5-3-2-4-6-7;2-1-3/h2-6H2,1H3;1H. The first-order chi connectivity index (χ1) is 4.81. The van der Waals surface area contributed by atoms with Crippen molar-refractivity contribution in [3.63, 3.8) is 0 Å². The van der Waals surface area contributed by atoms with Gasteiger partial charge in [0.1, 0.15) is 0 Å². The monoisotopic (exact) mass is 163 g/mol. The minimum Gasteiger partial charge on any atom is -0.306 e. The molecular weight excluding hydrogens is 150 g/mol. The number of hydrogen-bond donors (Lipinski definition) is 0. The van der Waals surface area contributed by atoms with Crippen LogP contribution < -0.4 is 0 Å². The first-order valence-electron chi connectivity index (χ1n) is 3.53. The molecule has 3 heteroatoms. The van der Waals surface area contributed by atoms with Crippen LogP contribution in [0.4, 0.5) is 0 Å². The van der Waals surface area contributed by atoms with Crippen molar-refractivity contribution < 1.29 is 4.79 Å². The number of hydrogen-bond acceptors (Lipinski definition) is 2. The summed E-state index contributed by atoms with van der Waals surface area (Å²) in [6.45, 7) is 2.64. The van der Waals surface area contributed by atoms with Gasteiger partial charge in [0.15, 0.2) is 0 Å². The maximum atomic E-state index is 8.57. The van der Waals surface area contributed by atoms with Crippen LogP contribution >= 0.6 is 11.6 Å². The Kier molecular flexibility index (Phi) is 6.98. The molecule has 1 fully saturated rings. The van der Waals surface area contributed by atoms with E-state index in [1.54, 1.807) is 0 Å². The molecule has 0 N–H and O–H groups in total. The third-order valence-corrected chi connectivity index (χ3v) is 1.58. The molecule has 0 atom stereocenters. The van der Waals surface area contributed by atoms with Crippen molar-refractivity contribution >= 4 is 17.3 Å². The highest BCUT2D eigenvalue weighted by Crippen LogP contribution is 2.04. The maximum absolute atomic E-state index is 8.57. The molecule has 1 rings (SSSR count). The predicted octanol–water partition coefficient (Wildman–Crippen LogP) is 1.52. The van der Waals surface area contributed by atoms with E-state index in [9.17, 15) is 0 Å². The van der Waals surface area contributed by atoms with Crippen LogP contribution in [0.15, 0.2) is 0 Å². The van der Waals surface area contributed by atoms with E-state index in [4.69, 9.17) is 4.79 Å². The molecule has 2 nitrogen and oxygen atoms in total. The lowest BCUT2D eigenvalue weighted by Crippen LogP contribution is -2.24. The van der Waals surface area contributed by atoms with Gasteiger partial charge in [0.2, 0.25) is 5.75 Å². The van der Waals surface area contributed by atoms with Gasteiger partial charge in [-0.15, -0.1) is 0 Å². The van der Waals surface area contributed by atoms with Crippen molar-refractivity contribution in [2.24, 2.45) is 0 Å². The molecule has 0 amide bonds. The Morgan fingerprint density at radius 3 is 1.90 bits per heavy atom. The fourth-order valence-corrected chi connectivity index (χ4v) is 1.05. The van der Waals surface area contributed by atoms with Gasteiger partial charge in [0.05, 0.1) is 0 Å². The third-order valence-electron chi connectivity index (χ3n) is 1.58. The molecule has 0 spiro atoms. The molecule has 1 aliphatic rings. The zero-order chi connectivity index (χ0) is 7.82. The lowest BCUT2D eigenvalue weighted by atomic mass is 10.1. The van der Waals surface area contributed by atoms with E-state index in [2.05, 4.69) is 23.5 Å². The summed E-state index contributed by atoms with van der Waals surface area (Å²) in [6.07, 6.45) is 4.28. The molecule has 0 bridgehead atoms. The highest BCUT2D eigenvalue weighted by Gasteiger charge is 2.02. The number of carbonyl (C=O) groups is 1. The SMILES string of the molecule is CN1CCCCC1.O=CCl. The van der Waals surface area contributed by atoms with Crippen molar-refractivity contribution in [2.45, 2.75) is 19.3 Å². The fourth-order valence-electron chi connectivity index (χ4n) is 1.05. The number of piperidine rings is 1. The van der Waals surface area contributed by atoms with E-state index < -0.39 is 0 Å².